The van der Waals surface area contributed by atoms with E-state index in [9.17, 15) is 9.59 Å². The highest BCUT2D eigenvalue weighted by Crippen LogP contribution is 2.47. The average molecular weight is 279 g/mol. The van der Waals surface area contributed by atoms with Crippen molar-refractivity contribution >= 4 is 11.8 Å². The summed E-state index contributed by atoms with van der Waals surface area (Å²) in [4.78, 5) is 26.2. The fourth-order valence-electron chi connectivity index (χ4n) is 4.26. The highest BCUT2D eigenvalue weighted by molar-refractivity contribution is 5.86. The molecule has 0 aromatic rings. The van der Waals surface area contributed by atoms with Gasteiger partial charge in [0.2, 0.25) is 11.8 Å². The molecule has 5 nitrogen and oxygen atoms in total. The van der Waals surface area contributed by atoms with Crippen molar-refractivity contribution in [3.05, 3.63) is 0 Å². The third-order valence-electron chi connectivity index (χ3n) is 5.41. The Labute approximate surface area is 120 Å². The van der Waals surface area contributed by atoms with Crippen LogP contribution in [0.3, 0.4) is 0 Å². The number of fused-ring (bicyclic) bond motifs is 2. The van der Waals surface area contributed by atoms with Crippen LogP contribution in [0.5, 0.6) is 0 Å². The van der Waals surface area contributed by atoms with E-state index in [1.165, 1.54) is 12.8 Å². The SMILES string of the molecule is NC1C2CCC(C2)C1C(=O)NCC(=O)N1CCCCC1. The summed E-state index contributed by atoms with van der Waals surface area (Å²) in [6.07, 6.45) is 6.75. The van der Waals surface area contributed by atoms with Crippen LogP contribution in [-0.4, -0.2) is 42.4 Å². The van der Waals surface area contributed by atoms with Crippen molar-refractivity contribution in [2.75, 3.05) is 19.6 Å². The first kappa shape index (κ1) is 13.9. The van der Waals surface area contributed by atoms with E-state index in [1.54, 1.807) is 0 Å². The zero-order chi connectivity index (χ0) is 14.1. The highest BCUT2D eigenvalue weighted by Gasteiger charge is 2.49. The summed E-state index contributed by atoms with van der Waals surface area (Å²) in [6, 6.07) is -0.00108. The Morgan fingerprint density at radius 2 is 1.80 bits per heavy atom. The molecule has 3 rings (SSSR count). The number of piperidine rings is 1. The van der Waals surface area contributed by atoms with Gasteiger partial charge in [-0.1, -0.05) is 0 Å². The van der Waals surface area contributed by atoms with E-state index in [0.29, 0.717) is 11.8 Å². The molecule has 3 fully saturated rings. The molecular weight excluding hydrogens is 254 g/mol. The van der Waals surface area contributed by atoms with Gasteiger partial charge in [-0.15, -0.1) is 0 Å². The molecule has 3 N–H and O–H groups in total. The lowest BCUT2D eigenvalue weighted by atomic mass is 9.84. The quantitative estimate of drug-likeness (QED) is 0.789. The van der Waals surface area contributed by atoms with Crippen LogP contribution in [0.25, 0.3) is 0 Å². The minimum Gasteiger partial charge on any atom is -0.347 e. The van der Waals surface area contributed by atoms with E-state index < -0.39 is 0 Å². The number of amides is 2. The molecule has 2 bridgehead atoms. The van der Waals surface area contributed by atoms with E-state index in [1.807, 2.05) is 4.90 Å². The number of carbonyl (C=O) groups is 2. The number of carbonyl (C=O) groups excluding carboxylic acids is 2. The molecule has 5 heteroatoms. The number of nitrogens with two attached hydrogens (primary N) is 1. The van der Waals surface area contributed by atoms with E-state index in [2.05, 4.69) is 5.32 Å². The molecule has 2 saturated carbocycles. The standard InChI is InChI=1S/C15H25N3O2/c16-14-11-5-4-10(8-11)13(14)15(20)17-9-12(19)18-6-2-1-3-7-18/h10-11,13-14H,1-9,16H2,(H,17,20). The molecule has 0 aromatic heterocycles. The van der Waals surface area contributed by atoms with Crippen LogP contribution in [-0.2, 0) is 9.59 Å². The molecule has 20 heavy (non-hydrogen) atoms. The van der Waals surface area contributed by atoms with Crippen LogP contribution >= 0.6 is 0 Å². The van der Waals surface area contributed by atoms with Crippen LogP contribution < -0.4 is 11.1 Å². The molecule has 4 unspecified atom stereocenters. The first-order valence-electron chi connectivity index (χ1n) is 7.98. The molecule has 0 radical (unpaired) electrons. The van der Waals surface area contributed by atoms with Gasteiger partial charge < -0.3 is 16.0 Å². The maximum Gasteiger partial charge on any atom is 0.241 e. The van der Waals surface area contributed by atoms with Crippen LogP contribution in [0.2, 0.25) is 0 Å². The maximum atomic E-state index is 12.3. The first-order chi connectivity index (χ1) is 9.66. The molecule has 2 amide bonds. The summed E-state index contributed by atoms with van der Waals surface area (Å²) in [5.74, 6) is 0.946. The Morgan fingerprint density at radius 3 is 2.45 bits per heavy atom. The van der Waals surface area contributed by atoms with Crippen LogP contribution in [0.4, 0.5) is 0 Å². The van der Waals surface area contributed by atoms with Gasteiger partial charge in [-0.05, 0) is 50.4 Å². The van der Waals surface area contributed by atoms with E-state index in [0.717, 1.165) is 38.8 Å². The predicted molar refractivity (Wildman–Crippen MR) is 75.7 cm³/mol. The van der Waals surface area contributed by atoms with Gasteiger partial charge in [0.15, 0.2) is 0 Å². The molecular formula is C15H25N3O2. The number of hydrogen-bond donors (Lipinski definition) is 2. The molecule has 1 saturated heterocycles. The average Bonchev–Trinajstić information content (AvgIpc) is 3.06. The Balaban J connectivity index is 1.48. The largest absolute Gasteiger partial charge is 0.347 e. The number of hydrogen-bond acceptors (Lipinski definition) is 3. The smallest absolute Gasteiger partial charge is 0.241 e. The summed E-state index contributed by atoms with van der Waals surface area (Å²) in [7, 11) is 0. The van der Waals surface area contributed by atoms with E-state index in [-0.39, 0.29) is 30.3 Å². The van der Waals surface area contributed by atoms with Gasteiger partial charge in [0.1, 0.15) is 0 Å². The van der Waals surface area contributed by atoms with Gasteiger partial charge >= 0.3 is 0 Å². The Kier molecular flexibility index (Phi) is 3.96. The van der Waals surface area contributed by atoms with Crippen molar-refractivity contribution in [3.63, 3.8) is 0 Å². The number of rotatable bonds is 3. The van der Waals surface area contributed by atoms with Gasteiger partial charge in [0.05, 0.1) is 12.5 Å². The minimum absolute atomic E-state index is 0.00108. The summed E-state index contributed by atoms with van der Waals surface area (Å²) >= 11 is 0. The highest BCUT2D eigenvalue weighted by atomic mass is 16.2. The second-order valence-electron chi connectivity index (χ2n) is 6.60. The second-order valence-corrected chi connectivity index (χ2v) is 6.60. The third kappa shape index (κ3) is 2.55. The maximum absolute atomic E-state index is 12.3. The van der Waals surface area contributed by atoms with E-state index >= 15 is 0 Å². The van der Waals surface area contributed by atoms with Crippen molar-refractivity contribution in [1.82, 2.24) is 10.2 Å². The fourth-order valence-corrected chi connectivity index (χ4v) is 4.26. The molecule has 4 atom stereocenters. The minimum atomic E-state index is -0.0668. The fraction of sp³-hybridized carbons (Fsp3) is 0.867. The van der Waals surface area contributed by atoms with Gasteiger partial charge in [-0.3, -0.25) is 9.59 Å². The number of nitrogens with one attached hydrogen (secondary N) is 1. The van der Waals surface area contributed by atoms with E-state index in [4.69, 9.17) is 5.73 Å². The topological polar surface area (TPSA) is 75.4 Å². The van der Waals surface area contributed by atoms with Crippen LogP contribution in [0, 0.1) is 17.8 Å². The summed E-state index contributed by atoms with van der Waals surface area (Å²) in [6.45, 7) is 1.81. The molecule has 3 aliphatic rings. The number of likely N-dealkylation sites (tertiary alicyclic amines) is 1. The van der Waals surface area contributed by atoms with Gasteiger partial charge in [-0.25, -0.2) is 0 Å². The lowest BCUT2D eigenvalue weighted by Gasteiger charge is -2.29. The van der Waals surface area contributed by atoms with Gasteiger partial charge in [-0.2, -0.15) is 0 Å². The molecule has 0 aromatic carbocycles. The normalized spacial score (nSPS) is 36.1. The first-order valence-corrected chi connectivity index (χ1v) is 7.98. The third-order valence-corrected chi connectivity index (χ3v) is 5.41. The van der Waals surface area contributed by atoms with Crippen molar-refractivity contribution in [3.8, 4) is 0 Å². The molecule has 112 valence electrons. The van der Waals surface area contributed by atoms with Crippen LogP contribution in [0.15, 0.2) is 0 Å². The molecule has 1 aliphatic heterocycles. The Hall–Kier alpha value is -1.10. The van der Waals surface area contributed by atoms with Crippen molar-refractivity contribution in [2.24, 2.45) is 23.5 Å². The monoisotopic (exact) mass is 279 g/mol. The predicted octanol–water partition coefficient (Wildman–Crippen LogP) is 0.488. The Bertz CT molecular complexity index is 391. The zero-order valence-corrected chi connectivity index (χ0v) is 12.0. The van der Waals surface area contributed by atoms with Crippen molar-refractivity contribution in [1.29, 1.82) is 0 Å². The Morgan fingerprint density at radius 1 is 1.10 bits per heavy atom. The second kappa shape index (κ2) is 5.72. The lowest BCUT2D eigenvalue weighted by molar-refractivity contribution is -0.135. The molecule has 0 spiro atoms. The van der Waals surface area contributed by atoms with Gasteiger partial charge in [0, 0.05) is 19.1 Å². The van der Waals surface area contributed by atoms with Crippen molar-refractivity contribution in [2.45, 2.75) is 44.6 Å². The molecule has 2 aliphatic carbocycles. The van der Waals surface area contributed by atoms with Crippen molar-refractivity contribution < 1.29 is 9.59 Å². The number of nitrogens with zero attached hydrogens (tertiary/aromatic N) is 1. The molecule has 1 heterocycles. The van der Waals surface area contributed by atoms with Gasteiger partial charge in [0.25, 0.3) is 0 Å². The lowest BCUT2D eigenvalue weighted by Crippen LogP contribution is -2.48. The van der Waals surface area contributed by atoms with Crippen LogP contribution in [0.1, 0.15) is 38.5 Å². The summed E-state index contributed by atoms with van der Waals surface area (Å²) in [5.41, 5.74) is 6.16. The summed E-state index contributed by atoms with van der Waals surface area (Å²) < 4.78 is 0. The zero-order valence-electron chi connectivity index (χ0n) is 12.0. The summed E-state index contributed by atoms with van der Waals surface area (Å²) in [5, 5.41) is 2.83.